The maximum absolute atomic E-state index is 12.1. The second-order valence-corrected chi connectivity index (χ2v) is 5.94. The lowest BCUT2D eigenvalue weighted by Crippen LogP contribution is -2.33. The molecule has 1 rings (SSSR count). The van der Waals surface area contributed by atoms with Gasteiger partial charge in [-0.1, -0.05) is 13.8 Å². The first-order chi connectivity index (χ1) is 8.44. The van der Waals surface area contributed by atoms with Gasteiger partial charge in [-0.05, 0) is 43.5 Å². The highest BCUT2D eigenvalue weighted by Crippen LogP contribution is 2.15. The maximum Gasteiger partial charge on any atom is 0.240 e. The Hall–Kier alpha value is -1.38. The summed E-state index contributed by atoms with van der Waals surface area (Å²) >= 11 is 0. The number of aryl methyl sites for hydroxylation is 1. The molecule has 0 aliphatic carbocycles. The van der Waals surface area contributed by atoms with Crippen LogP contribution in [0.25, 0.3) is 0 Å². The molecule has 0 fully saturated rings. The van der Waals surface area contributed by atoms with Crippen molar-refractivity contribution in [1.82, 2.24) is 4.72 Å². The lowest BCUT2D eigenvalue weighted by Gasteiger charge is -2.15. The van der Waals surface area contributed by atoms with Gasteiger partial charge in [0.15, 0.2) is 0 Å². The average molecular weight is 266 g/mol. The van der Waals surface area contributed by atoms with E-state index in [4.69, 9.17) is 5.26 Å². The van der Waals surface area contributed by atoms with Crippen molar-refractivity contribution >= 4 is 10.0 Å². The lowest BCUT2D eigenvalue weighted by molar-refractivity contribution is 0.530. The van der Waals surface area contributed by atoms with Gasteiger partial charge in [-0.25, -0.2) is 13.1 Å². The molecule has 0 saturated carbocycles. The van der Waals surface area contributed by atoms with Crippen LogP contribution in [0, 0.1) is 18.3 Å². The van der Waals surface area contributed by atoms with Crippen LogP contribution in [0.15, 0.2) is 23.1 Å². The second-order valence-electron chi connectivity index (χ2n) is 4.22. The van der Waals surface area contributed by atoms with Gasteiger partial charge in [0.1, 0.15) is 0 Å². The summed E-state index contributed by atoms with van der Waals surface area (Å²) in [6.45, 7) is 5.62. The highest BCUT2D eigenvalue weighted by atomic mass is 32.2. The minimum absolute atomic E-state index is 0.0500. The fourth-order valence-corrected chi connectivity index (χ4v) is 3.16. The normalized spacial score (nSPS) is 11.5. The van der Waals surface area contributed by atoms with Crippen molar-refractivity contribution in [2.24, 2.45) is 0 Å². The Morgan fingerprint density at radius 3 is 2.39 bits per heavy atom. The molecule has 1 aromatic rings. The summed E-state index contributed by atoms with van der Waals surface area (Å²) in [4.78, 5) is 0.214. The molecule has 5 heteroatoms. The molecule has 0 aliphatic rings. The molecule has 0 aliphatic heterocycles. The number of sulfonamides is 1. The number of hydrogen-bond acceptors (Lipinski definition) is 3. The Morgan fingerprint density at radius 1 is 1.33 bits per heavy atom. The minimum atomic E-state index is -3.49. The Labute approximate surface area is 109 Å². The van der Waals surface area contributed by atoms with Crippen molar-refractivity contribution in [1.29, 1.82) is 5.26 Å². The van der Waals surface area contributed by atoms with Gasteiger partial charge in [0, 0.05) is 6.04 Å². The summed E-state index contributed by atoms with van der Waals surface area (Å²) in [5.41, 5.74) is 1.17. The van der Waals surface area contributed by atoms with Crippen LogP contribution < -0.4 is 4.72 Å². The molecule has 0 atom stereocenters. The topological polar surface area (TPSA) is 70.0 Å². The molecule has 0 amide bonds. The van der Waals surface area contributed by atoms with E-state index in [1.807, 2.05) is 19.9 Å². The molecule has 0 saturated heterocycles. The molecule has 1 aromatic carbocycles. The van der Waals surface area contributed by atoms with Crippen LogP contribution in [0.3, 0.4) is 0 Å². The number of nitriles is 1. The Balaban J connectivity index is 3.06. The molecular weight excluding hydrogens is 248 g/mol. The fourth-order valence-electron chi connectivity index (χ4n) is 1.67. The van der Waals surface area contributed by atoms with Crippen molar-refractivity contribution in [3.05, 3.63) is 29.3 Å². The van der Waals surface area contributed by atoms with Gasteiger partial charge in [0.25, 0.3) is 0 Å². The van der Waals surface area contributed by atoms with Crippen LogP contribution in [0.5, 0.6) is 0 Å². The molecule has 0 aromatic heterocycles. The number of rotatable bonds is 5. The highest BCUT2D eigenvalue weighted by Gasteiger charge is 2.18. The number of nitrogens with one attached hydrogen (secondary N) is 1. The second kappa shape index (κ2) is 5.98. The van der Waals surface area contributed by atoms with E-state index >= 15 is 0 Å². The monoisotopic (exact) mass is 266 g/mol. The zero-order chi connectivity index (χ0) is 13.8. The van der Waals surface area contributed by atoms with E-state index in [1.54, 1.807) is 6.92 Å². The molecule has 0 spiro atoms. The standard InChI is InChI=1S/C13H18N2O2S/c1-4-12(5-2)15-18(16,17)13-7-6-11(9-14)10(3)8-13/h6-8,12,15H,4-5H2,1-3H3. The van der Waals surface area contributed by atoms with Crippen molar-refractivity contribution in [2.45, 2.75) is 44.6 Å². The van der Waals surface area contributed by atoms with Gasteiger partial charge >= 0.3 is 0 Å². The summed E-state index contributed by atoms with van der Waals surface area (Å²) < 4.78 is 26.9. The Kier molecular flexibility index (Phi) is 4.88. The van der Waals surface area contributed by atoms with E-state index in [0.29, 0.717) is 11.1 Å². The average Bonchev–Trinajstić information content (AvgIpc) is 2.35. The quantitative estimate of drug-likeness (QED) is 0.889. The first-order valence-corrected chi connectivity index (χ1v) is 7.46. The van der Waals surface area contributed by atoms with Gasteiger partial charge < -0.3 is 0 Å². The summed E-state index contributed by atoms with van der Waals surface area (Å²) in [5.74, 6) is 0. The Morgan fingerprint density at radius 2 is 1.94 bits per heavy atom. The van der Waals surface area contributed by atoms with Gasteiger partial charge in [0.2, 0.25) is 10.0 Å². The number of nitrogens with zero attached hydrogens (tertiary/aromatic N) is 1. The fraction of sp³-hybridized carbons (Fsp3) is 0.462. The van der Waals surface area contributed by atoms with Gasteiger partial charge in [-0.2, -0.15) is 5.26 Å². The van der Waals surface area contributed by atoms with E-state index in [2.05, 4.69) is 4.72 Å². The zero-order valence-corrected chi connectivity index (χ0v) is 11.7. The van der Waals surface area contributed by atoms with Crippen molar-refractivity contribution < 1.29 is 8.42 Å². The van der Waals surface area contributed by atoms with Crippen LogP contribution in [-0.2, 0) is 10.0 Å². The third-order valence-corrected chi connectivity index (χ3v) is 4.45. The summed E-state index contributed by atoms with van der Waals surface area (Å²) in [6, 6.07) is 6.51. The van der Waals surface area contributed by atoms with Crippen LogP contribution in [0.1, 0.15) is 37.8 Å². The van der Waals surface area contributed by atoms with E-state index in [-0.39, 0.29) is 10.9 Å². The molecule has 0 heterocycles. The van der Waals surface area contributed by atoms with E-state index in [0.717, 1.165) is 12.8 Å². The van der Waals surface area contributed by atoms with Crippen LogP contribution in [0.2, 0.25) is 0 Å². The van der Waals surface area contributed by atoms with Crippen molar-refractivity contribution in [2.75, 3.05) is 0 Å². The molecule has 0 radical (unpaired) electrons. The van der Waals surface area contributed by atoms with E-state index in [1.165, 1.54) is 18.2 Å². The first kappa shape index (κ1) is 14.7. The molecule has 1 N–H and O–H groups in total. The highest BCUT2D eigenvalue weighted by molar-refractivity contribution is 7.89. The van der Waals surface area contributed by atoms with Gasteiger partial charge in [-0.3, -0.25) is 0 Å². The smallest absolute Gasteiger partial charge is 0.208 e. The third-order valence-electron chi connectivity index (χ3n) is 2.94. The van der Waals surface area contributed by atoms with Gasteiger partial charge in [0.05, 0.1) is 16.5 Å². The molecule has 18 heavy (non-hydrogen) atoms. The van der Waals surface area contributed by atoms with Gasteiger partial charge in [-0.15, -0.1) is 0 Å². The predicted molar refractivity (Wildman–Crippen MR) is 70.6 cm³/mol. The zero-order valence-electron chi connectivity index (χ0n) is 10.9. The molecule has 0 bridgehead atoms. The summed E-state index contributed by atoms with van der Waals surface area (Å²) in [7, 11) is -3.49. The van der Waals surface area contributed by atoms with Crippen LogP contribution in [-0.4, -0.2) is 14.5 Å². The van der Waals surface area contributed by atoms with Crippen molar-refractivity contribution in [3.63, 3.8) is 0 Å². The first-order valence-electron chi connectivity index (χ1n) is 5.97. The number of benzene rings is 1. The predicted octanol–water partition coefficient (Wildman–Crippen LogP) is 2.33. The van der Waals surface area contributed by atoms with E-state index < -0.39 is 10.0 Å². The van der Waals surface area contributed by atoms with Crippen LogP contribution in [0.4, 0.5) is 0 Å². The molecule has 4 nitrogen and oxygen atoms in total. The van der Waals surface area contributed by atoms with E-state index in [9.17, 15) is 8.42 Å². The Bertz CT molecular complexity index is 555. The van der Waals surface area contributed by atoms with Crippen molar-refractivity contribution in [3.8, 4) is 6.07 Å². The summed E-state index contributed by atoms with van der Waals surface area (Å²) in [5, 5.41) is 8.82. The molecular formula is C13H18N2O2S. The van der Waals surface area contributed by atoms with Crippen LogP contribution >= 0.6 is 0 Å². The minimum Gasteiger partial charge on any atom is -0.208 e. The number of hydrogen-bond donors (Lipinski definition) is 1. The SMILES string of the molecule is CCC(CC)NS(=O)(=O)c1ccc(C#N)c(C)c1. The molecule has 0 unspecified atom stereocenters. The lowest BCUT2D eigenvalue weighted by atomic mass is 10.1. The molecule has 98 valence electrons. The maximum atomic E-state index is 12.1. The summed E-state index contributed by atoms with van der Waals surface area (Å²) in [6.07, 6.45) is 1.51. The largest absolute Gasteiger partial charge is 0.240 e. The third kappa shape index (κ3) is 3.31.